The maximum atomic E-state index is 4.42. The maximum Gasteiger partial charge on any atom is 0.0951 e. The van der Waals surface area contributed by atoms with E-state index >= 15 is 0 Å². The Hall–Kier alpha value is -2.75. The zero-order valence-electron chi connectivity index (χ0n) is 13.0. The Morgan fingerprint density at radius 3 is 2.45 bits per heavy atom. The lowest BCUT2D eigenvalue weighted by Crippen LogP contribution is -2.07. The standard InChI is InChI=1S/C18H18N4/c1-13-11-16-17(19-12-13)5-4-6-18(16)21-20-14-7-9-15(10-8-14)22(2)3/h4-12H,1-3H3. The van der Waals surface area contributed by atoms with Crippen molar-refractivity contribution in [2.45, 2.75) is 6.92 Å². The fraction of sp³-hybridized carbons (Fsp3) is 0.167. The van der Waals surface area contributed by atoms with Crippen molar-refractivity contribution in [1.29, 1.82) is 0 Å². The molecule has 0 aliphatic rings. The molecule has 3 aromatic rings. The average Bonchev–Trinajstić information content (AvgIpc) is 2.53. The number of aromatic nitrogens is 1. The largest absolute Gasteiger partial charge is 0.378 e. The predicted molar refractivity (Wildman–Crippen MR) is 91.4 cm³/mol. The van der Waals surface area contributed by atoms with Crippen molar-refractivity contribution in [3.8, 4) is 0 Å². The normalized spacial score (nSPS) is 11.2. The SMILES string of the molecule is Cc1cnc2cccc(N=Nc3ccc(N(C)C)cc3)c2c1. The van der Waals surface area contributed by atoms with E-state index in [0.717, 1.165) is 33.5 Å². The van der Waals surface area contributed by atoms with Crippen LogP contribution >= 0.6 is 0 Å². The summed E-state index contributed by atoms with van der Waals surface area (Å²) in [4.78, 5) is 6.48. The summed E-state index contributed by atoms with van der Waals surface area (Å²) in [7, 11) is 4.03. The number of anilines is 1. The summed E-state index contributed by atoms with van der Waals surface area (Å²) in [5.41, 5.74) is 4.87. The van der Waals surface area contributed by atoms with Gasteiger partial charge in [-0.2, -0.15) is 5.11 Å². The van der Waals surface area contributed by atoms with Gasteiger partial charge in [-0.05, 0) is 55.0 Å². The minimum absolute atomic E-state index is 0.836. The molecule has 0 atom stereocenters. The van der Waals surface area contributed by atoms with Crippen molar-refractivity contribution in [2.75, 3.05) is 19.0 Å². The number of azo groups is 1. The molecular weight excluding hydrogens is 272 g/mol. The predicted octanol–water partition coefficient (Wildman–Crippen LogP) is 5.02. The van der Waals surface area contributed by atoms with Crippen molar-refractivity contribution in [3.05, 3.63) is 60.3 Å². The summed E-state index contributed by atoms with van der Waals surface area (Å²) < 4.78 is 0. The summed E-state index contributed by atoms with van der Waals surface area (Å²) in [6.45, 7) is 2.03. The number of rotatable bonds is 3. The Labute approximate surface area is 130 Å². The second kappa shape index (κ2) is 5.93. The van der Waals surface area contributed by atoms with Crippen LogP contribution in [0.15, 0.2) is 65.0 Å². The van der Waals surface area contributed by atoms with E-state index in [1.807, 2.05) is 69.7 Å². The van der Waals surface area contributed by atoms with Gasteiger partial charge >= 0.3 is 0 Å². The highest BCUT2D eigenvalue weighted by atomic mass is 15.1. The van der Waals surface area contributed by atoms with E-state index in [0.29, 0.717) is 0 Å². The Morgan fingerprint density at radius 1 is 0.955 bits per heavy atom. The fourth-order valence-corrected chi connectivity index (χ4v) is 2.25. The molecule has 110 valence electrons. The zero-order chi connectivity index (χ0) is 15.5. The molecule has 22 heavy (non-hydrogen) atoms. The number of hydrogen-bond acceptors (Lipinski definition) is 4. The van der Waals surface area contributed by atoms with E-state index in [9.17, 15) is 0 Å². The number of aryl methyl sites for hydroxylation is 1. The number of pyridine rings is 1. The highest BCUT2D eigenvalue weighted by Gasteiger charge is 2.01. The van der Waals surface area contributed by atoms with Crippen molar-refractivity contribution < 1.29 is 0 Å². The molecule has 0 aliphatic heterocycles. The molecule has 0 unspecified atom stereocenters. The molecule has 1 heterocycles. The van der Waals surface area contributed by atoms with Crippen molar-refractivity contribution in [3.63, 3.8) is 0 Å². The van der Waals surface area contributed by atoms with Crippen LogP contribution in [0.25, 0.3) is 10.9 Å². The van der Waals surface area contributed by atoms with E-state index in [1.165, 1.54) is 0 Å². The first kappa shape index (κ1) is 14.2. The van der Waals surface area contributed by atoms with Crippen LogP contribution in [-0.4, -0.2) is 19.1 Å². The second-order valence-corrected chi connectivity index (χ2v) is 5.47. The number of nitrogens with zero attached hydrogens (tertiary/aromatic N) is 4. The summed E-state index contributed by atoms with van der Waals surface area (Å²) in [5.74, 6) is 0. The lowest BCUT2D eigenvalue weighted by Gasteiger charge is -2.11. The average molecular weight is 290 g/mol. The van der Waals surface area contributed by atoms with Crippen LogP contribution in [0.5, 0.6) is 0 Å². The van der Waals surface area contributed by atoms with Gasteiger partial charge < -0.3 is 4.90 Å². The van der Waals surface area contributed by atoms with Crippen LogP contribution in [0.1, 0.15) is 5.56 Å². The topological polar surface area (TPSA) is 40.9 Å². The van der Waals surface area contributed by atoms with Crippen LogP contribution in [0, 0.1) is 6.92 Å². The van der Waals surface area contributed by atoms with Gasteiger partial charge in [-0.3, -0.25) is 4.98 Å². The van der Waals surface area contributed by atoms with Crippen LogP contribution in [0.3, 0.4) is 0 Å². The number of benzene rings is 2. The Balaban J connectivity index is 1.93. The molecule has 0 fully saturated rings. The van der Waals surface area contributed by atoms with Crippen LogP contribution < -0.4 is 4.90 Å². The first-order chi connectivity index (χ1) is 10.6. The maximum absolute atomic E-state index is 4.42. The molecule has 1 aromatic heterocycles. The fourth-order valence-electron chi connectivity index (χ4n) is 2.25. The molecule has 0 N–H and O–H groups in total. The zero-order valence-corrected chi connectivity index (χ0v) is 13.0. The van der Waals surface area contributed by atoms with Crippen molar-refractivity contribution in [1.82, 2.24) is 4.98 Å². The first-order valence-corrected chi connectivity index (χ1v) is 7.18. The van der Waals surface area contributed by atoms with Gasteiger partial charge in [0.1, 0.15) is 0 Å². The van der Waals surface area contributed by atoms with Crippen molar-refractivity contribution in [2.24, 2.45) is 10.2 Å². The summed E-state index contributed by atoms with van der Waals surface area (Å²) >= 11 is 0. The number of hydrogen-bond donors (Lipinski definition) is 0. The number of fused-ring (bicyclic) bond motifs is 1. The van der Waals surface area contributed by atoms with Crippen LogP contribution in [-0.2, 0) is 0 Å². The molecule has 0 saturated carbocycles. The van der Waals surface area contributed by atoms with Gasteiger partial charge in [-0.25, -0.2) is 0 Å². The van der Waals surface area contributed by atoms with Crippen molar-refractivity contribution >= 4 is 28.0 Å². The van der Waals surface area contributed by atoms with E-state index in [2.05, 4.69) is 26.2 Å². The molecule has 3 rings (SSSR count). The minimum Gasteiger partial charge on any atom is -0.378 e. The first-order valence-electron chi connectivity index (χ1n) is 7.18. The Kier molecular flexibility index (Phi) is 3.83. The highest BCUT2D eigenvalue weighted by Crippen LogP contribution is 2.27. The highest BCUT2D eigenvalue weighted by molar-refractivity contribution is 5.89. The van der Waals surface area contributed by atoms with Gasteiger partial charge in [0, 0.05) is 31.4 Å². The third-order valence-corrected chi connectivity index (χ3v) is 3.48. The van der Waals surface area contributed by atoms with E-state index in [-0.39, 0.29) is 0 Å². The van der Waals surface area contributed by atoms with E-state index < -0.39 is 0 Å². The van der Waals surface area contributed by atoms with Crippen LogP contribution in [0.4, 0.5) is 17.1 Å². The molecule has 4 heteroatoms. The quantitative estimate of drug-likeness (QED) is 0.635. The van der Waals surface area contributed by atoms with Gasteiger partial charge in [0.25, 0.3) is 0 Å². The molecular formula is C18H18N4. The molecule has 0 bridgehead atoms. The molecule has 4 nitrogen and oxygen atoms in total. The second-order valence-electron chi connectivity index (χ2n) is 5.47. The van der Waals surface area contributed by atoms with Gasteiger partial charge in [-0.1, -0.05) is 6.07 Å². The molecule has 0 saturated heterocycles. The smallest absolute Gasteiger partial charge is 0.0951 e. The Morgan fingerprint density at radius 2 is 1.73 bits per heavy atom. The summed E-state index contributed by atoms with van der Waals surface area (Å²) in [6.07, 6.45) is 1.86. The molecule has 0 spiro atoms. The van der Waals surface area contributed by atoms with E-state index in [4.69, 9.17) is 0 Å². The van der Waals surface area contributed by atoms with Gasteiger partial charge in [0.05, 0.1) is 16.9 Å². The molecule has 0 amide bonds. The Bertz CT molecular complexity index is 820. The third-order valence-electron chi connectivity index (χ3n) is 3.48. The lowest BCUT2D eigenvalue weighted by atomic mass is 10.1. The van der Waals surface area contributed by atoms with Crippen LogP contribution in [0.2, 0.25) is 0 Å². The lowest BCUT2D eigenvalue weighted by molar-refractivity contribution is 1.13. The third kappa shape index (κ3) is 2.96. The van der Waals surface area contributed by atoms with Gasteiger partial charge in [0.15, 0.2) is 0 Å². The van der Waals surface area contributed by atoms with Gasteiger partial charge in [0.2, 0.25) is 0 Å². The summed E-state index contributed by atoms with van der Waals surface area (Å²) in [5, 5.41) is 9.75. The van der Waals surface area contributed by atoms with E-state index in [1.54, 1.807) is 0 Å². The minimum atomic E-state index is 0.836. The monoisotopic (exact) mass is 290 g/mol. The molecule has 0 aliphatic carbocycles. The summed E-state index contributed by atoms with van der Waals surface area (Å²) in [6, 6.07) is 16.0. The van der Waals surface area contributed by atoms with Gasteiger partial charge in [-0.15, -0.1) is 5.11 Å². The molecule has 2 aromatic carbocycles. The molecule has 0 radical (unpaired) electrons.